The van der Waals surface area contributed by atoms with E-state index in [-0.39, 0.29) is 5.41 Å². The van der Waals surface area contributed by atoms with E-state index in [9.17, 15) is 4.79 Å². The molecule has 114 valence electrons. The third-order valence-corrected chi connectivity index (χ3v) is 4.40. The Balaban J connectivity index is 2.18. The molecular formula is C20H22O2. The van der Waals surface area contributed by atoms with E-state index in [2.05, 4.69) is 51.6 Å². The van der Waals surface area contributed by atoms with Crippen LogP contribution in [0.3, 0.4) is 0 Å². The lowest BCUT2D eigenvalue weighted by Crippen LogP contribution is -2.21. The number of allylic oxidation sites excluding steroid dienone is 1. The van der Waals surface area contributed by atoms with Crippen LogP contribution in [-0.4, -0.2) is 6.29 Å². The lowest BCUT2D eigenvalue weighted by molar-refractivity contribution is 0.110. The summed E-state index contributed by atoms with van der Waals surface area (Å²) in [6.45, 7) is 10.6. The molecule has 1 aromatic carbocycles. The second kappa shape index (κ2) is 6.61. The fourth-order valence-corrected chi connectivity index (χ4v) is 2.41. The zero-order valence-electron chi connectivity index (χ0n) is 13.4. The van der Waals surface area contributed by atoms with Gasteiger partial charge in [-0.1, -0.05) is 56.3 Å². The molecular weight excluding hydrogens is 272 g/mol. The van der Waals surface area contributed by atoms with Gasteiger partial charge in [0.2, 0.25) is 0 Å². The Hall–Kier alpha value is -2.35. The molecule has 2 nitrogen and oxygen atoms in total. The Bertz CT molecular complexity index is 689. The average molecular weight is 294 g/mol. The first kappa shape index (κ1) is 16.0. The molecule has 2 rings (SSSR count). The molecule has 0 aliphatic rings. The highest BCUT2D eigenvalue weighted by Gasteiger charge is 2.24. The highest BCUT2D eigenvalue weighted by Crippen LogP contribution is 2.34. The van der Waals surface area contributed by atoms with Crippen LogP contribution in [-0.2, 0) is 5.41 Å². The summed E-state index contributed by atoms with van der Waals surface area (Å²) in [6.07, 6.45) is 5.56. The van der Waals surface area contributed by atoms with Crippen LogP contribution in [0.5, 0.6) is 0 Å². The summed E-state index contributed by atoms with van der Waals surface area (Å²) in [7, 11) is 0. The zero-order valence-corrected chi connectivity index (χ0v) is 13.4. The van der Waals surface area contributed by atoms with Crippen LogP contribution in [0.4, 0.5) is 0 Å². The van der Waals surface area contributed by atoms with Crippen molar-refractivity contribution in [1.82, 2.24) is 0 Å². The van der Waals surface area contributed by atoms with Gasteiger partial charge in [-0.05, 0) is 42.7 Å². The first-order valence-corrected chi connectivity index (χ1v) is 7.49. The Morgan fingerprint density at radius 2 is 1.77 bits per heavy atom. The average Bonchev–Trinajstić information content (AvgIpc) is 3.00. The zero-order chi connectivity index (χ0) is 16.2. The summed E-state index contributed by atoms with van der Waals surface area (Å²) in [5.41, 5.74) is 3.56. The van der Waals surface area contributed by atoms with Gasteiger partial charge in [0.25, 0.3) is 0 Å². The van der Waals surface area contributed by atoms with Crippen molar-refractivity contribution in [2.75, 3.05) is 0 Å². The molecule has 1 aromatic heterocycles. The van der Waals surface area contributed by atoms with Crippen LogP contribution in [0.1, 0.15) is 54.6 Å². The van der Waals surface area contributed by atoms with Crippen LogP contribution in [0.15, 0.2) is 53.0 Å². The smallest absolute Gasteiger partial charge is 0.185 e. The first-order chi connectivity index (χ1) is 10.5. The first-order valence-electron chi connectivity index (χ1n) is 7.49. The number of furan rings is 1. The Labute approximate surface area is 132 Å². The van der Waals surface area contributed by atoms with Gasteiger partial charge in [-0.2, -0.15) is 0 Å². The minimum Gasteiger partial charge on any atom is -0.454 e. The van der Waals surface area contributed by atoms with E-state index in [1.165, 1.54) is 11.1 Å². The molecule has 0 amide bonds. The van der Waals surface area contributed by atoms with E-state index in [0.29, 0.717) is 17.8 Å². The van der Waals surface area contributed by atoms with E-state index in [0.717, 1.165) is 12.0 Å². The van der Waals surface area contributed by atoms with Gasteiger partial charge >= 0.3 is 0 Å². The molecule has 2 heteroatoms. The van der Waals surface area contributed by atoms with Gasteiger partial charge in [0.05, 0.1) is 0 Å². The highest BCUT2D eigenvalue weighted by atomic mass is 16.3. The number of hydrogen-bond donors (Lipinski definition) is 0. The van der Waals surface area contributed by atoms with E-state index in [1.54, 1.807) is 12.1 Å². The fraction of sp³-hybridized carbons (Fsp3) is 0.250. The number of benzene rings is 1. The maximum absolute atomic E-state index is 10.6. The minimum atomic E-state index is 0.0160. The van der Waals surface area contributed by atoms with Gasteiger partial charge in [-0.25, -0.2) is 0 Å². The lowest BCUT2D eigenvalue weighted by atomic mass is 9.75. The molecule has 0 fully saturated rings. The van der Waals surface area contributed by atoms with Crippen molar-refractivity contribution < 1.29 is 9.21 Å². The van der Waals surface area contributed by atoms with Crippen molar-refractivity contribution in [1.29, 1.82) is 0 Å². The van der Waals surface area contributed by atoms with Gasteiger partial charge < -0.3 is 4.42 Å². The molecule has 0 saturated carbocycles. The molecule has 0 bridgehead atoms. The summed E-state index contributed by atoms with van der Waals surface area (Å²) in [5, 5.41) is 0. The van der Waals surface area contributed by atoms with Gasteiger partial charge in [-0.3, -0.25) is 4.79 Å². The molecule has 1 heterocycles. The van der Waals surface area contributed by atoms with E-state index in [1.807, 2.05) is 12.2 Å². The molecule has 0 radical (unpaired) electrons. The van der Waals surface area contributed by atoms with Crippen molar-refractivity contribution in [2.45, 2.75) is 32.6 Å². The molecule has 0 spiro atoms. The summed E-state index contributed by atoms with van der Waals surface area (Å²) in [5.74, 6) is 1.02. The summed E-state index contributed by atoms with van der Waals surface area (Å²) in [4.78, 5) is 10.6. The van der Waals surface area contributed by atoms with Crippen molar-refractivity contribution >= 4 is 18.4 Å². The Morgan fingerprint density at radius 3 is 2.27 bits per heavy atom. The third-order valence-electron chi connectivity index (χ3n) is 4.40. The van der Waals surface area contributed by atoms with Crippen LogP contribution >= 0.6 is 0 Å². The fourth-order valence-electron chi connectivity index (χ4n) is 2.41. The number of aldehydes is 1. The Morgan fingerprint density at radius 1 is 1.14 bits per heavy atom. The molecule has 2 aromatic rings. The van der Waals surface area contributed by atoms with Gasteiger partial charge in [-0.15, -0.1) is 0 Å². The Kier molecular flexibility index (Phi) is 4.81. The number of rotatable bonds is 6. The summed E-state index contributed by atoms with van der Waals surface area (Å²) < 4.78 is 5.31. The van der Waals surface area contributed by atoms with Crippen molar-refractivity contribution in [3.63, 3.8) is 0 Å². The summed E-state index contributed by atoms with van der Waals surface area (Å²) in [6, 6.07) is 11.9. The minimum absolute atomic E-state index is 0.0160. The third kappa shape index (κ3) is 3.28. The van der Waals surface area contributed by atoms with Crippen LogP contribution in [0.25, 0.3) is 12.2 Å². The second-order valence-corrected chi connectivity index (χ2v) is 5.78. The predicted molar refractivity (Wildman–Crippen MR) is 91.9 cm³/mol. The van der Waals surface area contributed by atoms with Gasteiger partial charge in [0.15, 0.2) is 12.0 Å². The van der Waals surface area contributed by atoms with E-state index >= 15 is 0 Å². The largest absolute Gasteiger partial charge is 0.454 e. The van der Waals surface area contributed by atoms with Crippen molar-refractivity contribution in [3.05, 3.63) is 71.2 Å². The van der Waals surface area contributed by atoms with Crippen LogP contribution in [0.2, 0.25) is 0 Å². The topological polar surface area (TPSA) is 30.2 Å². The standard InChI is InChI=1S/C20H22O2/c1-5-20(4,15(2)3)17-9-6-16(7-10-17)8-11-18-12-13-19(14-21)22-18/h6-14H,2,5H2,1,3-4H3. The molecule has 1 unspecified atom stereocenters. The number of carbonyl (C=O) groups excluding carboxylic acids is 1. The van der Waals surface area contributed by atoms with Crippen LogP contribution in [0, 0.1) is 0 Å². The maximum atomic E-state index is 10.6. The number of hydrogen-bond acceptors (Lipinski definition) is 2. The molecule has 0 aliphatic heterocycles. The van der Waals surface area contributed by atoms with Crippen molar-refractivity contribution in [2.24, 2.45) is 0 Å². The molecule has 0 aliphatic carbocycles. The molecule has 0 N–H and O–H groups in total. The van der Waals surface area contributed by atoms with E-state index in [4.69, 9.17) is 4.42 Å². The maximum Gasteiger partial charge on any atom is 0.185 e. The van der Waals surface area contributed by atoms with Gasteiger partial charge in [0.1, 0.15) is 5.76 Å². The SMILES string of the molecule is C=C(C)C(C)(CC)c1ccc(C=Cc2ccc(C=O)o2)cc1. The monoisotopic (exact) mass is 294 g/mol. The second-order valence-electron chi connectivity index (χ2n) is 5.78. The lowest BCUT2D eigenvalue weighted by Gasteiger charge is -2.29. The van der Waals surface area contributed by atoms with Crippen LogP contribution < -0.4 is 0 Å². The highest BCUT2D eigenvalue weighted by molar-refractivity contribution is 5.73. The number of carbonyl (C=O) groups is 1. The van der Waals surface area contributed by atoms with Crippen molar-refractivity contribution in [3.8, 4) is 0 Å². The molecule has 0 saturated heterocycles. The molecule has 22 heavy (non-hydrogen) atoms. The quantitative estimate of drug-likeness (QED) is 0.519. The van der Waals surface area contributed by atoms with Gasteiger partial charge in [0, 0.05) is 5.41 Å². The molecule has 1 atom stereocenters. The normalized spacial score (nSPS) is 14.0. The summed E-state index contributed by atoms with van der Waals surface area (Å²) >= 11 is 0. The van der Waals surface area contributed by atoms with E-state index < -0.39 is 0 Å². The predicted octanol–water partition coefficient (Wildman–Crippen LogP) is 5.51.